The van der Waals surface area contributed by atoms with Crippen molar-refractivity contribution in [3.05, 3.63) is 29.8 Å². The smallest absolute Gasteiger partial charge is 0.303 e. The Morgan fingerprint density at radius 3 is 2.70 bits per heavy atom. The first-order valence-corrected chi connectivity index (χ1v) is 6.82. The van der Waals surface area contributed by atoms with E-state index < -0.39 is 5.97 Å². The number of hydrogen-bond acceptors (Lipinski definition) is 3. The maximum absolute atomic E-state index is 11.6. The van der Waals surface area contributed by atoms with Gasteiger partial charge in [-0.05, 0) is 37.5 Å². The highest BCUT2D eigenvalue weighted by atomic mass is 16.5. The van der Waals surface area contributed by atoms with Crippen molar-refractivity contribution >= 4 is 11.9 Å². The van der Waals surface area contributed by atoms with Crippen LogP contribution in [0.1, 0.15) is 38.2 Å². The Hall–Kier alpha value is -2.04. The molecule has 0 unspecified atom stereocenters. The van der Waals surface area contributed by atoms with Crippen LogP contribution in [-0.4, -0.2) is 23.6 Å². The standard InChI is InChI=1S/C15H21NO4/c1-2-20-13-7-5-6-12(10-13)11-16-14(17)8-3-4-9-15(18)19/h5-7,10H,2-4,8-9,11H2,1H3,(H,16,17)(H,18,19). The van der Waals surface area contributed by atoms with Crippen molar-refractivity contribution in [2.45, 2.75) is 39.2 Å². The van der Waals surface area contributed by atoms with Gasteiger partial charge in [-0.15, -0.1) is 0 Å². The molecule has 1 aromatic carbocycles. The SMILES string of the molecule is CCOc1cccc(CNC(=O)CCCCC(=O)O)c1. The fourth-order valence-corrected chi connectivity index (χ4v) is 1.76. The minimum absolute atomic E-state index is 0.0581. The number of unbranched alkanes of at least 4 members (excludes halogenated alkanes) is 1. The van der Waals surface area contributed by atoms with Gasteiger partial charge >= 0.3 is 5.97 Å². The molecule has 1 aromatic rings. The largest absolute Gasteiger partial charge is 0.494 e. The number of carbonyl (C=O) groups is 2. The Bertz CT molecular complexity index is 445. The van der Waals surface area contributed by atoms with E-state index in [2.05, 4.69) is 5.32 Å². The molecule has 5 nitrogen and oxygen atoms in total. The number of carbonyl (C=O) groups excluding carboxylic acids is 1. The first-order valence-electron chi connectivity index (χ1n) is 6.82. The summed E-state index contributed by atoms with van der Waals surface area (Å²) in [5, 5.41) is 11.3. The normalized spacial score (nSPS) is 10.1. The summed E-state index contributed by atoms with van der Waals surface area (Å²) in [6.45, 7) is 2.99. The molecular formula is C15H21NO4. The zero-order chi connectivity index (χ0) is 14.8. The topological polar surface area (TPSA) is 75.6 Å². The maximum Gasteiger partial charge on any atom is 0.303 e. The van der Waals surface area contributed by atoms with Crippen LogP contribution in [0.5, 0.6) is 5.75 Å². The van der Waals surface area contributed by atoms with Gasteiger partial charge in [-0.2, -0.15) is 0 Å². The molecule has 2 N–H and O–H groups in total. The number of aliphatic carboxylic acids is 1. The van der Waals surface area contributed by atoms with Gasteiger partial charge in [0, 0.05) is 19.4 Å². The molecule has 1 rings (SSSR count). The highest BCUT2D eigenvalue weighted by Crippen LogP contribution is 2.13. The van der Waals surface area contributed by atoms with E-state index in [1.54, 1.807) is 0 Å². The predicted octanol–water partition coefficient (Wildman–Crippen LogP) is 2.35. The lowest BCUT2D eigenvalue weighted by Gasteiger charge is -2.07. The molecule has 110 valence electrons. The summed E-state index contributed by atoms with van der Waals surface area (Å²) in [6, 6.07) is 7.58. The van der Waals surface area contributed by atoms with Crippen molar-refractivity contribution < 1.29 is 19.4 Å². The summed E-state index contributed by atoms with van der Waals surface area (Å²) in [7, 11) is 0. The monoisotopic (exact) mass is 279 g/mol. The zero-order valence-electron chi connectivity index (χ0n) is 11.7. The molecular weight excluding hydrogens is 258 g/mol. The van der Waals surface area contributed by atoms with E-state index >= 15 is 0 Å². The average molecular weight is 279 g/mol. The fraction of sp³-hybridized carbons (Fsp3) is 0.467. The van der Waals surface area contributed by atoms with Crippen LogP contribution in [0.15, 0.2) is 24.3 Å². The van der Waals surface area contributed by atoms with Crippen LogP contribution in [-0.2, 0) is 16.1 Å². The minimum Gasteiger partial charge on any atom is -0.494 e. The second-order valence-corrected chi connectivity index (χ2v) is 4.46. The van der Waals surface area contributed by atoms with Crippen molar-refractivity contribution in [2.24, 2.45) is 0 Å². The average Bonchev–Trinajstić information content (AvgIpc) is 2.42. The Kier molecular flexibility index (Phi) is 7.17. The maximum atomic E-state index is 11.6. The number of ether oxygens (including phenoxy) is 1. The van der Waals surface area contributed by atoms with Gasteiger partial charge in [0.1, 0.15) is 5.75 Å². The Labute approximate surface area is 118 Å². The third-order valence-electron chi connectivity index (χ3n) is 2.74. The van der Waals surface area contributed by atoms with Gasteiger partial charge in [-0.1, -0.05) is 12.1 Å². The van der Waals surface area contributed by atoms with Gasteiger partial charge in [-0.3, -0.25) is 9.59 Å². The van der Waals surface area contributed by atoms with Crippen molar-refractivity contribution in [1.29, 1.82) is 0 Å². The van der Waals surface area contributed by atoms with Crippen molar-refractivity contribution in [3.63, 3.8) is 0 Å². The van der Waals surface area contributed by atoms with Crippen LogP contribution in [0.3, 0.4) is 0 Å². The number of rotatable bonds is 9. The molecule has 0 bridgehead atoms. The number of hydrogen-bond donors (Lipinski definition) is 2. The second-order valence-electron chi connectivity index (χ2n) is 4.46. The number of carboxylic acids is 1. The first kappa shape index (κ1) is 16.0. The van der Waals surface area contributed by atoms with E-state index in [0.717, 1.165) is 11.3 Å². The highest BCUT2D eigenvalue weighted by molar-refractivity contribution is 5.75. The third-order valence-corrected chi connectivity index (χ3v) is 2.74. The van der Waals surface area contributed by atoms with E-state index in [4.69, 9.17) is 9.84 Å². The van der Waals surface area contributed by atoms with Crippen molar-refractivity contribution in [3.8, 4) is 5.75 Å². The molecule has 0 aliphatic heterocycles. The van der Waals surface area contributed by atoms with Crippen LogP contribution in [0, 0.1) is 0 Å². The van der Waals surface area contributed by atoms with Crippen LogP contribution in [0.4, 0.5) is 0 Å². The summed E-state index contributed by atoms with van der Waals surface area (Å²) in [4.78, 5) is 21.9. The summed E-state index contributed by atoms with van der Waals surface area (Å²) in [5.74, 6) is -0.0870. The Morgan fingerprint density at radius 1 is 1.25 bits per heavy atom. The quantitative estimate of drug-likeness (QED) is 0.680. The van der Waals surface area contributed by atoms with E-state index in [-0.39, 0.29) is 12.3 Å². The van der Waals surface area contributed by atoms with Gasteiger partial charge in [0.2, 0.25) is 5.91 Å². The van der Waals surface area contributed by atoms with Crippen molar-refractivity contribution in [2.75, 3.05) is 6.61 Å². The molecule has 0 fully saturated rings. The van der Waals surface area contributed by atoms with E-state index in [1.165, 1.54) is 0 Å². The minimum atomic E-state index is -0.821. The number of amides is 1. The van der Waals surface area contributed by atoms with Crippen LogP contribution < -0.4 is 10.1 Å². The fourth-order valence-electron chi connectivity index (χ4n) is 1.76. The van der Waals surface area contributed by atoms with Gasteiger partial charge in [0.15, 0.2) is 0 Å². The molecule has 0 spiro atoms. The lowest BCUT2D eigenvalue weighted by atomic mass is 10.1. The molecule has 0 saturated heterocycles. The third kappa shape index (κ3) is 6.78. The summed E-state index contributed by atoms with van der Waals surface area (Å²) in [6.07, 6.45) is 1.60. The molecule has 0 aromatic heterocycles. The number of benzene rings is 1. The zero-order valence-corrected chi connectivity index (χ0v) is 11.7. The molecule has 0 saturated carbocycles. The van der Waals surface area contributed by atoms with E-state index in [1.807, 2.05) is 31.2 Å². The van der Waals surface area contributed by atoms with Gasteiger partial charge in [-0.25, -0.2) is 0 Å². The highest BCUT2D eigenvalue weighted by Gasteiger charge is 2.03. The molecule has 1 amide bonds. The molecule has 20 heavy (non-hydrogen) atoms. The van der Waals surface area contributed by atoms with E-state index in [0.29, 0.717) is 32.4 Å². The van der Waals surface area contributed by atoms with E-state index in [9.17, 15) is 9.59 Å². The molecule has 0 radical (unpaired) electrons. The first-order chi connectivity index (χ1) is 9.61. The number of carboxylic acid groups (broad SMARTS) is 1. The summed E-state index contributed by atoms with van der Waals surface area (Å²) in [5.41, 5.74) is 0.981. The second kappa shape index (κ2) is 8.96. The molecule has 5 heteroatoms. The van der Waals surface area contributed by atoms with Crippen LogP contribution in [0.2, 0.25) is 0 Å². The Morgan fingerprint density at radius 2 is 2.00 bits per heavy atom. The Balaban J connectivity index is 2.26. The lowest BCUT2D eigenvalue weighted by Crippen LogP contribution is -2.22. The van der Waals surface area contributed by atoms with Gasteiger partial charge in [0.05, 0.1) is 6.61 Å². The molecule has 0 heterocycles. The lowest BCUT2D eigenvalue weighted by molar-refractivity contribution is -0.137. The molecule has 0 aliphatic carbocycles. The van der Waals surface area contributed by atoms with Crippen molar-refractivity contribution in [1.82, 2.24) is 5.32 Å². The van der Waals surface area contributed by atoms with Gasteiger partial charge in [0.25, 0.3) is 0 Å². The van der Waals surface area contributed by atoms with Gasteiger partial charge < -0.3 is 15.2 Å². The summed E-state index contributed by atoms with van der Waals surface area (Å²) < 4.78 is 5.39. The van der Waals surface area contributed by atoms with Crippen LogP contribution >= 0.6 is 0 Å². The molecule has 0 aliphatic rings. The van der Waals surface area contributed by atoms with Crippen LogP contribution in [0.25, 0.3) is 0 Å². The molecule has 0 atom stereocenters. The predicted molar refractivity (Wildman–Crippen MR) is 75.6 cm³/mol. The number of nitrogens with one attached hydrogen (secondary N) is 1. The summed E-state index contributed by atoms with van der Waals surface area (Å²) >= 11 is 0.